The average molecular weight is 237 g/mol. The molecule has 2 nitrogen and oxygen atoms in total. The molecule has 3 unspecified atom stereocenters. The number of carbonyl (C=O) groups excluding carboxylic acids is 1. The van der Waals surface area contributed by atoms with Crippen LogP contribution in [0.3, 0.4) is 0 Å². The average Bonchev–Trinajstić information content (AvgIpc) is 2.95. The zero-order valence-electron chi connectivity index (χ0n) is 11.2. The SMILES string of the molecule is CCCCCCCNC(=O)C1CC2CCC1C2. The van der Waals surface area contributed by atoms with Crippen LogP contribution in [0, 0.1) is 17.8 Å². The highest BCUT2D eigenvalue weighted by Gasteiger charge is 2.42. The Labute approximate surface area is 106 Å². The molecule has 2 bridgehead atoms. The van der Waals surface area contributed by atoms with Crippen LogP contribution < -0.4 is 5.32 Å². The van der Waals surface area contributed by atoms with E-state index in [1.165, 1.54) is 51.4 Å². The molecular formula is C15H27NO. The first-order valence-electron chi connectivity index (χ1n) is 7.59. The first-order valence-corrected chi connectivity index (χ1v) is 7.59. The third-order valence-electron chi connectivity index (χ3n) is 4.65. The fourth-order valence-electron chi connectivity index (χ4n) is 3.64. The minimum absolute atomic E-state index is 0.354. The van der Waals surface area contributed by atoms with E-state index in [0.29, 0.717) is 11.8 Å². The van der Waals surface area contributed by atoms with E-state index in [1.807, 2.05) is 0 Å². The minimum Gasteiger partial charge on any atom is -0.356 e. The second-order valence-corrected chi connectivity index (χ2v) is 5.99. The molecule has 2 aliphatic rings. The predicted octanol–water partition coefficient (Wildman–Crippen LogP) is 3.51. The van der Waals surface area contributed by atoms with E-state index in [9.17, 15) is 4.79 Å². The molecule has 1 N–H and O–H groups in total. The highest BCUT2D eigenvalue weighted by Crippen LogP contribution is 2.48. The first kappa shape index (κ1) is 12.9. The van der Waals surface area contributed by atoms with Gasteiger partial charge in [-0.05, 0) is 37.5 Å². The maximum atomic E-state index is 12.0. The summed E-state index contributed by atoms with van der Waals surface area (Å²) in [5.41, 5.74) is 0. The van der Waals surface area contributed by atoms with Gasteiger partial charge in [-0.1, -0.05) is 39.0 Å². The van der Waals surface area contributed by atoms with Crippen LogP contribution in [0.4, 0.5) is 0 Å². The van der Waals surface area contributed by atoms with E-state index in [1.54, 1.807) is 0 Å². The molecule has 2 aliphatic carbocycles. The molecule has 2 fully saturated rings. The third-order valence-corrected chi connectivity index (χ3v) is 4.65. The maximum absolute atomic E-state index is 12.0. The van der Waals surface area contributed by atoms with Crippen LogP contribution in [0.2, 0.25) is 0 Å². The van der Waals surface area contributed by atoms with Crippen LogP contribution in [0.1, 0.15) is 64.7 Å². The van der Waals surface area contributed by atoms with E-state index in [0.717, 1.165) is 24.8 Å². The molecule has 0 heterocycles. The van der Waals surface area contributed by atoms with Gasteiger partial charge in [0, 0.05) is 12.5 Å². The number of carbonyl (C=O) groups is 1. The van der Waals surface area contributed by atoms with Gasteiger partial charge in [0.1, 0.15) is 0 Å². The number of amides is 1. The van der Waals surface area contributed by atoms with E-state index in [4.69, 9.17) is 0 Å². The number of hydrogen-bond donors (Lipinski definition) is 1. The van der Waals surface area contributed by atoms with Gasteiger partial charge in [0.15, 0.2) is 0 Å². The Morgan fingerprint density at radius 2 is 1.94 bits per heavy atom. The number of nitrogens with one attached hydrogen (secondary N) is 1. The molecule has 0 aliphatic heterocycles. The number of unbranched alkanes of at least 4 members (excludes halogenated alkanes) is 4. The third kappa shape index (κ3) is 3.46. The summed E-state index contributed by atoms with van der Waals surface area (Å²) < 4.78 is 0. The Kier molecular flexibility index (Phi) is 4.87. The number of hydrogen-bond acceptors (Lipinski definition) is 1. The van der Waals surface area contributed by atoms with Crippen molar-refractivity contribution in [3.63, 3.8) is 0 Å². The molecule has 98 valence electrons. The van der Waals surface area contributed by atoms with Crippen LogP contribution in [-0.4, -0.2) is 12.5 Å². The van der Waals surface area contributed by atoms with Crippen molar-refractivity contribution in [2.24, 2.45) is 17.8 Å². The Morgan fingerprint density at radius 3 is 2.59 bits per heavy atom. The van der Waals surface area contributed by atoms with Gasteiger partial charge in [-0.15, -0.1) is 0 Å². The van der Waals surface area contributed by atoms with Gasteiger partial charge in [-0.25, -0.2) is 0 Å². The molecular weight excluding hydrogens is 210 g/mol. The molecule has 2 rings (SSSR count). The van der Waals surface area contributed by atoms with Crippen molar-refractivity contribution < 1.29 is 4.79 Å². The summed E-state index contributed by atoms with van der Waals surface area (Å²) in [6, 6.07) is 0. The molecule has 0 aromatic heterocycles. The zero-order valence-corrected chi connectivity index (χ0v) is 11.2. The lowest BCUT2D eigenvalue weighted by atomic mass is 9.88. The van der Waals surface area contributed by atoms with Crippen molar-refractivity contribution in [3.05, 3.63) is 0 Å². The van der Waals surface area contributed by atoms with Gasteiger partial charge in [0.2, 0.25) is 5.91 Å². The van der Waals surface area contributed by atoms with Crippen molar-refractivity contribution in [2.75, 3.05) is 6.54 Å². The minimum atomic E-state index is 0.354. The molecule has 1 amide bonds. The van der Waals surface area contributed by atoms with Gasteiger partial charge in [-0.2, -0.15) is 0 Å². The van der Waals surface area contributed by atoms with Crippen molar-refractivity contribution in [1.82, 2.24) is 5.32 Å². The monoisotopic (exact) mass is 237 g/mol. The molecule has 2 heteroatoms. The molecule has 0 saturated heterocycles. The topological polar surface area (TPSA) is 29.1 Å². The van der Waals surface area contributed by atoms with E-state index in [-0.39, 0.29) is 0 Å². The van der Waals surface area contributed by atoms with Gasteiger partial charge in [-0.3, -0.25) is 4.79 Å². The van der Waals surface area contributed by atoms with E-state index < -0.39 is 0 Å². The Hall–Kier alpha value is -0.530. The zero-order chi connectivity index (χ0) is 12.1. The van der Waals surface area contributed by atoms with E-state index >= 15 is 0 Å². The summed E-state index contributed by atoms with van der Waals surface area (Å²) in [6.07, 6.45) is 11.6. The smallest absolute Gasteiger partial charge is 0.223 e. The van der Waals surface area contributed by atoms with Gasteiger partial charge < -0.3 is 5.32 Å². The Morgan fingerprint density at radius 1 is 1.12 bits per heavy atom. The molecule has 0 radical (unpaired) electrons. The summed E-state index contributed by atoms with van der Waals surface area (Å²) in [6.45, 7) is 3.13. The number of fused-ring (bicyclic) bond motifs is 2. The Bertz CT molecular complexity index is 251. The second-order valence-electron chi connectivity index (χ2n) is 5.99. The second kappa shape index (κ2) is 6.42. The highest BCUT2D eigenvalue weighted by atomic mass is 16.1. The number of rotatable bonds is 7. The van der Waals surface area contributed by atoms with E-state index in [2.05, 4.69) is 12.2 Å². The molecule has 2 saturated carbocycles. The normalized spacial score (nSPS) is 30.8. The van der Waals surface area contributed by atoms with Crippen LogP contribution in [0.5, 0.6) is 0 Å². The van der Waals surface area contributed by atoms with Crippen LogP contribution in [0.25, 0.3) is 0 Å². The van der Waals surface area contributed by atoms with Crippen LogP contribution in [-0.2, 0) is 4.79 Å². The fourth-order valence-corrected chi connectivity index (χ4v) is 3.64. The first-order chi connectivity index (χ1) is 8.31. The lowest BCUT2D eigenvalue weighted by Gasteiger charge is -2.20. The van der Waals surface area contributed by atoms with Gasteiger partial charge >= 0.3 is 0 Å². The van der Waals surface area contributed by atoms with Gasteiger partial charge in [0.25, 0.3) is 0 Å². The summed E-state index contributed by atoms with van der Waals surface area (Å²) in [4.78, 5) is 12.0. The summed E-state index contributed by atoms with van der Waals surface area (Å²) >= 11 is 0. The van der Waals surface area contributed by atoms with Crippen molar-refractivity contribution >= 4 is 5.91 Å². The quantitative estimate of drug-likeness (QED) is 0.675. The van der Waals surface area contributed by atoms with Crippen molar-refractivity contribution in [1.29, 1.82) is 0 Å². The molecule has 0 aromatic carbocycles. The Balaban J connectivity index is 1.55. The van der Waals surface area contributed by atoms with Crippen LogP contribution >= 0.6 is 0 Å². The summed E-state index contributed by atoms with van der Waals surface area (Å²) in [5, 5.41) is 3.15. The summed E-state index contributed by atoms with van der Waals surface area (Å²) in [7, 11) is 0. The van der Waals surface area contributed by atoms with Gasteiger partial charge in [0.05, 0.1) is 0 Å². The standard InChI is InChI=1S/C15H27NO/c1-2-3-4-5-6-9-16-15(17)14-11-12-7-8-13(14)10-12/h12-14H,2-11H2,1H3,(H,16,17). The summed E-state index contributed by atoms with van der Waals surface area (Å²) in [5.74, 6) is 2.32. The van der Waals surface area contributed by atoms with Crippen molar-refractivity contribution in [2.45, 2.75) is 64.7 Å². The molecule has 3 atom stereocenters. The highest BCUT2D eigenvalue weighted by molar-refractivity contribution is 5.79. The molecule has 17 heavy (non-hydrogen) atoms. The van der Waals surface area contributed by atoms with Crippen molar-refractivity contribution in [3.8, 4) is 0 Å². The fraction of sp³-hybridized carbons (Fsp3) is 0.933. The molecule has 0 aromatic rings. The largest absolute Gasteiger partial charge is 0.356 e. The lowest BCUT2D eigenvalue weighted by molar-refractivity contribution is -0.126. The lowest BCUT2D eigenvalue weighted by Crippen LogP contribution is -2.34. The maximum Gasteiger partial charge on any atom is 0.223 e. The predicted molar refractivity (Wildman–Crippen MR) is 70.7 cm³/mol. The molecule has 0 spiro atoms. The van der Waals surface area contributed by atoms with Crippen LogP contribution in [0.15, 0.2) is 0 Å².